The van der Waals surface area contributed by atoms with Gasteiger partial charge in [0, 0.05) is 0 Å². The van der Waals surface area contributed by atoms with Gasteiger partial charge in [-0.3, -0.25) is 0 Å². The van der Waals surface area contributed by atoms with Gasteiger partial charge in [-0.1, -0.05) is 70.8 Å². The third-order valence-corrected chi connectivity index (χ3v) is 11.4. The van der Waals surface area contributed by atoms with Crippen molar-refractivity contribution in [3.8, 4) is 0 Å². The molecule has 4 aliphatic carbocycles. The highest BCUT2D eigenvalue weighted by Crippen LogP contribution is 2.72. The van der Waals surface area contributed by atoms with Gasteiger partial charge in [-0.15, -0.1) is 0 Å². The van der Waals surface area contributed by atoms with Crippen LogP contribution in [0.3, 0.4) is 0 Å². The number of aliphatic hydroxyl groups excluding tert-OH is 1. The first-order chi connectivity index (χ1) is 14.3. The molecule has 4 rings (SSSR count). The highest BCUT2D eigenvalue weighted by Gasteiger charge is 2.62. The molecule has 0 aromatic heterocycles. The van der Waals surface area contributed by atoms with E-state index in [1.807, 2.05) is 11.1 Å². The molecule has 1 N–H and O–H groups in total. The Morgan fingerprint density at radius 1 is 0.968 bits per heavy atom. The number of hydrogen-bond donors (Lipinski definition) is 1. The summed E-state index contributed by atoms with van der Waals surface area (Å²) in [5, 5.41) is 10.6. The average Bonchev–Trinajstić information content (AvgIpc) is 2.92. The van der Waals surface area contributed by atoms with Crippen LogP contribution in [0, 0.1) is 39.4 Å². The molecule has 0 aromatic carbocycles. The standard InChI is InChI=1S/C30H50O/c1-20(2)18-22(31)19-21(3)23-12-16-30(8)25-10-11-26-27(4,5)14-9-15-28(26,6)24(25)13-17-29(23,30)7/h18,21-23,26,31H,9-17,19H2,1-8H3/t21-,22?,23-,26?,28-,29+,30+/m1/s1. The van der Waals surface area contributed by atoms with Gasteiger partial charge in [-0.25, -0.2) is 0 Å². The van der Waals surface area contributed by atoms with Crippen LogP contribution in [0.5, 0.6) is 0 Å². The van der Waals surface area contributed by atoms with E-state index in [0.717, 1.165) is 18.3 Å². The first-order valence-corrected chi connectivity index (χ1v) is 13.4. The molecule has 2 saturated carbocycles. The van der Waals surface area contributed by atoms with Crippen LogP contribution in [0.25, 0.3) is 0 Å². The molecule has 0 aromatic rings. The molecule has 0 spiro atoms. The van der Waals surface area contributed by atoms with Crippen molar-refractivity contribution in [1.82, 2.24) is 0 Å². The topological polar surface area (TPSA) is 20.2 Å². The number of aliphatic hydroxyl groups is 1. The van der Waals surface area contributed by atoms with Gasteiger partial charge in [-0.05, 0) is 111 Å². The Morgan fingerprint density at radius 2 is 1.68 bits per heavy atom. The molecule has 4 aliphatic rings. The van der Waals surface area contributed by atoms with Crippen LogP contribution in [0.15, 0.2) is 22.8 Å². The van der Waals surface area contributed by atoms with E-state index in [0.29, 0.717) is 27.6 Å². The SMILES string of the molecule is CC(C)=CC(O)C[C@@H](C)[C@H]1CC[C@@]2(C)C3=C(CC[C@@]12C)[C@@]1(C)CCCC(C)(C)C1CC3. The Bertz CT molecular complexity index is 767. The van der Waals surface area contributed by atoms with Gasteiger partial charge in [0.1, 0.15) is 0 Å². The minimum Gasteiger partial charge on any atom is -0.389 e. The zero-order valence-electron chi connectivity index (χ0n) is 21.9. The van der Waals surface area contributed by atoms with Crippen molar-refractivity contribution in [2.24, 2.45) is 39.4 Å². The van der Waals surface area contributed by atoms with E-state index < -0.39 is 0 Å². The molecule has 0 saturated heterocycles. The van der Waals surface area contributed by atoms with Crippen molar-refractivity contribution in [3.63, 3.8) is 0 Å². The molecule has 1 heteroatoms. The second-order valence-corrected chi connectivity index (χ2v) is 13.7. The van der Waals surface area contributed by atoms with Gasteiger partial charge < -0.3 is 5.11 Å². The lowest BCUT2D eigenvalue weighted by molar-refractivity contribution is -0.0214. The van der Waals surface area contributed by atoms with Crippen LogP contribution in [0.4, 0.5) is 0 Å². The Kier molecular flexibility index (Phi) is 5.90. The van der Waals surface area contributed by atoms with E-state index in [2.05, 4.69) is 61.5 Å². The van der Waals surface area contributed by atoms with Gasteiger partial charge in [0.15, 0.2) is 0 Å². The molecule has 0 amide bonds. The van der Waals surface area contributed by atoms with E-state index in [4.69, 9.17) is 0 Å². The van der Waals surface area contributed by atoms with Gasteiger partial charge in [0.2, 0.25) is 0 Å². The molecule has 2 unspecified atom stereocenters. The van der Waals surface area contributed by atoms with E-state index in [1.54, 1.807) is 0 Å². The fourth-order valence-corrected chi connectivity index (χ4v) is 9.73. The summed E-state index contributed by atoms with van der Waals surface area (Å²) in [6.07, 6.45) is 15.1. The predicted molar refractivity (Wildman–Crippen MR) is 133 cm³/mol. The van der Waals surface area contributed by atoms with E-state index in [-0.39, 0.29) is 6.10 Å². The Morgan fingerprint density at radius 3 is 2.35 bits per heavy atom. The average molecular weight is 427 g/mol. The van der Waals surface area contributed by atoms with Crippen LogP contribution in [-0.2, 0) is 0 Å². The maximum atomic E-state index is 10.6. The molecule has 7 atom stereocenters. The van der Waals surface area contributed by atoms with Gasteiger partial charge in [0.25, 0.3) is 0 Å². The second kappa shape index (κ2) is 7.75. The molecule has 31 heavy (non-hydrogen) atoms. The molecule has 2 fully saturated rings. The van der Waals surface area contributed by atoms with Crippen molar-refractivity contribution < 1.29 is 5.11 Å². The van der Waals surface area contributed by atoms with Crippen molar-refractivity contribution >= 4 is 0 Å². The monoisotopic (exact) mass is 426 g/mol. The smallest absolute Gasteiger partial charge is 0.0726 e. The Hall–Kier alpha value is -0.560. The van der Waals surface area contributed by atoms with Crippen molar-refractivity contribution in [1.29, 1.82) is 0 Å². The molecule has 0 heterocycles. The first kappa shape index (κ1) is 23.6. The number of hydrogen-bond acceptors (Lipinski definition) is 1. The summed E-state index contributed by atoms with van der Waals surface area (Å²) in [5.41, 5.74) is 6.76. The quantitative estimate of drug-likeness (QED) is 0.447. The lowest BCUT2D eigenvalue weighted by Gasteiger charge is -2.61. The molecular formula is C30H50O. The Labute approximate surface area is 193 Å². The van der Waals surface area contributed by atoms with E-state index in [9.17, 15) is 5.11 Å². The molecule has 176 valence electrons. The summed E-state index contributed by atoms with van der Waals surface area (Å²) in [7, 11) is 0. The van der Waals surface area contributed by atoms with Crippen molar-refractivity contribution in [2.75, 3.05) is 0 Å². The summed E-state index contributed by atoms with van der Waals surface area (Å²) in [4.78, 5) is 0. The second-order valence-electron chi connectivity index (χ2n) is 13.7. The molecule has 0 radical (unpaired) electrons. The summed E-state index contributed by atoms with van der Waals surface area (Å²) in [6.45, 7) is 19.7. The van der Waals surface area contributed by atoms with Gasteiger partial charge >= 0.3 is 0 Å². The molecular weight excluding hydrogens is 376 g/mol. The largest absolute Gasteiger partial charge is 0.389 e. The summed E-state index contributed by atoms with van der Waals surface area (Å²) in [5.74, 6) is 2.19. The van der Waals surface area contributed by atoms with Crippen LogP contribution in [-0.4, -0.2) is 11.2 Å². The minimum absolute atomic E-state index is 0.285. The first-order valence-electron chi connectivity index (χ1n) is 13.4. The summed E-state index contributed by atoms with van der Waals surface area (Å²) < 4.78 is 0. The molecule has 1 nitrogen and oxygen atoms in total. The fourth-order valence-electron chi connectivity index (χ4n) is 9.73. The van der Waals surface area contributed by atoms with E-state index in [1.165, 1.54) is 63.4 Å². The van der Waals surface area contributed by atoms with Crippen LogP contribution >= 0.6 is 0 Å². The Balaban J connectivity index is 1.65. The zero-order chi connectivity index (χ0) is 22.8. The molecule has 0 bridgehead atoms. The third-order valence-electron chi connectivity index (χ3n) is 11.4. The maximum Gasteiger partial charge on any atom is 0.0726 e. The van der Waals surface area contributed by atoms with Crippen molar-refractivity contribution in [3.05, 3.63) is 22.8 Å². The lowest BCUT2D eigenvalue weighted by atomic mass is 9.43. The minimum atomic E-state index is -0.285. The fraction of sp³-hybridized carbons (Fsp3) is 0.867. The summed E-state index contributed by atoms with van der Waals surface area (Å²) >= 11 is 0. The zero-order valence-corrected chi connectivity index (χ0v) is 21.9. The van der Waals surface area contributed by atoms with Gasteiger partial charge in [-0.2, -0.15) is 0 Å². The number of fused-ring (bicyclic) bond motifs is 4. The highest BCUT2D eigenvalue weighted by molar-refractivity contribution is 5.38. The van der Waals surface area contributed by atoms with Crippen molar-refractivity contribution in [2.45, 2.75) is 126 Å². The number of rotatable bonds is 4. The van der Waals surface area contributed by atoms with E-state index >= 15 is 0 Å². The van der Waals surface area contributed by atoms with Crippen LogP contribution in [0.1, 0.15) is 120 Å². The normalized spacial score (nSPS) is 43.5. The van der Waals surface area contributed by atoms with Crippen LogP contribution < -0.4 is 0 Å². The molecule has 0 aliphatic heterocycles. The lowest BCUT2D eigenvalue weighted by Crippen LogP contribution is -2.51. The summed E-state index contributed by atoms with van der Waals surface area (Å²) in [6, 6.07) is 0. The predicted octanol–water partition coefficient (Wildman–Crippen LogP) is 8.48. The number of allylic oxidation sites excluding steroid dienone is 3. The van der Waals surface area contributed by atoms with Crippen LogP contribution in [0.2, 0.25) is 0 Å². The highest BCUT2D eigenvalue weighted by atomic mass is 16.3. The van der Waals surface area contributed by atoms with Gasteiger partial charge in [0.05, 0.1) is 6.10 Å². The maximum absolute atomic E-state index is 10.6. The third kappa shape index (κ3) is 3.51.